The number of benzene rings is 2. The smallest absolute Gasteiger partial charge is 0.257 e. The van der Waals surface area contributed by atoms with E-state index in [0.717, 1.165) is 25.0 Å². The Morgan fingerprint density at radius 3 is 2.77 bits per heavy atom. The Bertz CT molecular complexity index is 925. The van der Waals surface area contributed by atoms with Gasteiger partial charge < -0.3 is 24.8 Å². The van der Waals surface area contributed by atoms with Gasteiger partial charge in [0.2, 0.25) is 0 Å². The van der Waals surface area contributed by atoms with Crippen LogP contribution in [0.2, 0.25) is 5.02 Å². The topological polar surface area (TPSA) is 74.0 Å². The molecule has 2 aromatic carbocycles. The molecule has 2 aliphatic rings. The maximum absolute atomic E-state index is 13.2. The van der Waals surface area contributed by atoms with Crippen molar-refractivity contribution in [1.29, 1.82) is 0 Å². The first-order valence-electron chi connectivity index (χ1n) is 10.3. The molecule has 1 spiro atoms. The lowest BCUT2D eigenvalue weighted by molar-refractivity contribution is -0.0935. The van der Waals surface area contributed by atoms with Crippen molar-refractivity contribution in [2.75, 3.05) is 40.0 Å². The van der Waals surface area contributed by atoms with E-state index in [1.54, 1.807) is 25.3 Å². The fraction of sp³-hybridized carbons (Fsp3) is 0.435. The molecule has 0 atom stereocenters. The number of methoxy groups -OCH3 is 1. The number of halogens is 1. The maximum atomic E-state index is 13.2. The molecule has 6 nitrogen and oxygen atoms in total. The van der Waals surface area contributed by atoms with Gasteiger partial charge in [0.15, 0.2) is 0 Å². The van der Waals surface area contributed by atoms with Crippen LogP contribution in [0.5, 0.6) is 11.5 Å². The van der Waals surface area contributed by atoms with E-state index in [1.807, 2.05) is 11.0 Å². The minimum atomic E-state index is -0.343. The van der Waals surface area contributed by atoms with E-state index in [4.69, 9.17) is 31.5 Å². The number of piperidine rings is 1. The van der Waals surface area contributed by atoms with Crippen molar-refractivity contribution >= 4 is 17.5 Å². The van der Waals surface area contributed by atoms with Crippen LogP contribution in [-0.2, 0) is 16.8 Å². The summed E-state index contributed by atoms with van der Waals surface area (Å²) in [5.74, 6) is 1.30. The van der Waals surface area contributed by atoms with Crippen LogP contribution in [0, 0.1) is 0 Å². The third-order valence-electron chi connectivity index (χ3n) is 5.96. The summed E-state index contributed by atoms with van der Waals surface area (Å²) < 4.78 is 17.3. The molecule has 0 unspecified atom stereocenters. The van der Waals surface area contributed by atoms with Crippen LogP contribution in [0.3, 0.4) is 0 Å². The first kappa shape index (κ1) is 21.0. The molecule has 1 saturated heterocycles. The lowest BCUT2D eigenvalue weighted by Crippen LogP contribution is -2.48. The first-order chi connectivity index (χ1) is 14.6. The summed E-state index contributed by atoms with van der Waals surface area (Å²) in [5, 5.41) is 0.505. The molecule has 0 saturated carbocycles. The van der Waals surface area contributed by atoms with Crippen LogP contribution < -0.4 is 15.2 Å². The molecule has 1 fully saturated rings. The van der Waals surface area contributed by atoms with Gasteiger partial charge in [-0.25, -0.2) is 0 Å². The van der Waals surface area contributed by atoms with Gasteiger partial charge in [0.1, 0.15) is 18.1 Å². The molecule has 1 amide bonds. The molecular formula is C23H27ClN2O4. The van der Waals surface area contributed by atoms with E-state index in [2.05, 4.69) is 12.1 Å². The number of likely N-dealkylation sites (tertiary alicyclic amines) is 1. The van der Waals surface area contributed by atoms with Crippen molar-refractivity contribution in [2.24, 2.45) is 5.73 Å². The van der Waals surface area contributed by atoms with E-state index in [0.29, 0.717) is 49.2 Å². The number of amides is 1. The van der Waals surface area contributed by atoms with Crippen molar-refractivity contribution < 1.29 is 19.0 Å². The number of hydrogen-bond donors (Lipinski definition) is 1. The molecule has 2 aromatic rings. The van der Waals surface area contributed by atoms with Crippen molar-refractivity contribution in [3.8, 4) is 11.5 Å². The van der Waals surface area contributed by atoms with Crippen LogP contribution in [0.15, 0.2) is 36.4 Å². The van der Waals surface area contributed by atoms with Gasteiger partial charge in [0.25, 0.3) is 5.91 Å². The largest absolute Gasteiger partial charge is 0.497 e. The molecule has 0 bridgehead atoms. The molecule has 7 heteroatoms. The molecule has 0 aliphatic carbocycles. The molecule has 2 aliphatic heterocycles. The fourth-order valence-electron chi connectivity index (χ4n) is 4.40. The van der Waals surface area contributed by atoms with E-state index in [9.17, 15) is 4.79 Å². The van der Waals surface area contributed by atoms with E-state index in [-0.39, 0.29) is 11.5 Å². The lowest BCUT2D eigenvalue weighted by atomic mass is 9.79. The zero-order valence-electron chi connectivity index (χ0n) is 17.2. The standard InChI is InChI=1S/C23H27ClN2O4/c1-28-18-3-4-20-16(14-18)6-12-30-23(20)7-10-26(11-8-23)22(27)19-15-17(24)2-5-21(19)29-13-9-25/h2-5,14-15H,6-13,25H2,1H3. The van der Waals surface area contributed by atoms with Gasteiger partial charge in [-0.3, -0.25) is 4.79 Å². The Labute approximate surface area is 181 Å². The van der Waals surface area contributed by atoms with Crippen molar-refractivity contribution in [3.05, 3.63) is 58.1 Å². The maximum Gasteiger partial charge on any atom is 0.257 e. The fourth-order valence-corrected chi connectivity index (χ4v) is 4.57. The minimum absolute atomic E-state index is 0.0786. The number of rotatable bonds is 5. The van der Waals surface area contributed by atoms with E-state index in [1.165, 1.54) is 11.1 Å². The molecule has 0 aromatic heterocycles. The molecule has 4 rings (SSSR count). The highest BCUT2D eigenvalue weighted by molar-refractivity contribution is 6.31. The Morgan fingerprint density at radius 1 is 1.23 bits per heavy atom. The second kappa shape index (κ2) is 8.84. The van der Waals surface area contributed by atoms with Gasteiger partial charge in [-0.2, -0.15) is 0 Å². The number of hydrogen-bond acceptors (Lipinski definition) is 5. The summed E-state index contributed by atoms with van der Waals surface area (Å²) in [6, 6.07) is 11.3. The van der Waals surface area contributed by atoms with Crippen LogP contribution in [0.25, 0.3) is 0 Å². The monoisotopic (exact) mass is 430 g/mol. The van der Waals surface area contributed by atoms with Crippen LogP contribution in [0.1, 0.15) is 34.3 Å². The summed E-state index contributed by atoms with van der Waals surface area (Å²) >= 11 is 6.15. The van der Waals surface area contributed by atoms with Crippen LogP contribution >= 0.6 is 11.6 Å². The average Bonchev–Trinajstić information content (AvgIpc) is 2.78. The highest BCUT2D eigenvalue weighted by Crippen LogP contribution is 2.43. The summed E-state index contributed by atoms with van der Waals surface area (Å²) in [4.78, 5) is 15.1. The van der Waals surface area contributed by atoms with Crippen LogP contribution in [-0.4, -0.2) is 50.8 Å². The number of nitrogens with two attached hydrogens (primary N) is 1. The second-order valence-electron chi connectivity index (χ2n) is 7.69. The Balaban J connectivity index is 1.52. The van der Waals surface area contributed by atoms with Gasteiger partial charge in [-0.15, -0.1) is 0 Å². The summed E-state index contributed by atoms with van der Waals surface area (Å²) in [7, 11) is 1.68. The van der Waals surface area contributed by atoms with Crippen molar-refractivity contribution in [2.45, 2.75) is 24.9 Å². The number of fused-ring (bicyclic) bond motifs is 2. The number of carbonyl (C=O) groups is 1. The quantitative estimate of drug-likeness (QED) is 0.787. The number of ether oxygens (including phenoxy) is 3. The molecule has 2 heterocycles. The third kappa shape index (κ3) is 4.00. The molecule has 2 N–H and O–H groups in total. The second-order valence-corrected chi connectivity index (χ2v) is 8.12. The Hall–Kier alpha value is -2.28. The average molecular weight is 431 g/mol. The van der Waals surface area contributed by atoms with Gasteiger partial charge >= 0.3 is 0 Å². The lowest BCUT2D eigenvalue weighted by Gasteiger charge is -2.45. The highest BCUT2D eigenvalue weighted by atomic mass is 35.5. The van der Waals surface area contributed by atoms with Gasteiger partial charge in [-0.1, -0.05) is 17.7 Å². The van der Waals surface area contributed by atoms with Gasteiger partial charge in [0, 0.05) is 24.7 Å². The zero-order chi connectivity index (χ0) is 21.1. The van der Waals surface area contributed by atoms with Gasteiger partial charge in [-0.05, 0) is 60.7 Å². The zero-order valence-corrected chi connectivity index (χ0v) is 17.9. The van der Waals surface area contributed by atoms with Crippen LogP contribution in [0.4, 0.5) is 0 Å². The first-order valence-corrected chi connectivity index (χ1v) is 10.7. The summed E-state index contributed by atoms with van der Waals surface area (Å²) in [5.41, 5.74) is 8.16. The highest BCUT2D eigenvalue weighted by Gasteiger charge is 2.42. The summed E-state index contributed by atoms with van der Waals surface area (Å²) in [6.45, 7) is 2.61. The van der Waals surface area contributed by atoms with Crippen molar-refractivity contribution in [3.63, 3.8) is 0 Å². The Kier molecular flexibility index (Phi) is 6.18. The predicted molar refractivity (Wildman–Crippen MR) is 115 cm³/mol. The normalized spacial score (nSPS) is 17.5. The SMILES string of the molecule is COc1ccc2c(c1)CCOC21CCN(C(=O)c2cc(Cl)ccc2OCCN)CC1. The molecule has 30 heavy (non-hydrogen) atoms. The molecule has 0 radical (unpaired) electrons. The Morgan fingerprint density at radius 2 is 2.03 bits per heavy atom. The predicted octanol–water partition coefficient (Wildman–Crippen LogP) is 3.39. The van der Waals surface area contributed by atoms with Crippen molar-refractivity contribution in [1.82, 2.24) is 4.90 Å². The summed E-state index contributed by atoms with van der Waals surface area (Å²) in [6.07, 6.45) is 2.37. The molecular weight excluding hydrogens is 404 g/mol. The van der Waals surface area contributed by atoms with Gasteiger partial charge in [0.05, 0.1) is 24.9 Å². The molecule has 160 valence electrons. The minimum Gasteiger partial charge on any atom is -0.497 e. The number of carbonyl (C=O) groups excluding carboxylic acids is 1. The van der Waals surface area contributed by atoms with E-state index < -0.39 is 0 Å². The third-order valence-corrected chi connectivity index (χ3v) is 6.19. The van der Waals surface area contributed by atoms with E-state index >= 15 is 0 Å². The number of nitrogens with zero attached hydrogens (tertiary/aromatic N) is 1.